The normalized spacial score (nSPS) is 14.5. The highest BCUT2D eigenvalue weighted by molar-refractivity contribution is 5.18. The van der Waals surface area contributed by atoms with E-state index < -0.39 is 36.6 Å². The Morgan fingerprint density at radius 3 is 2.05 bits per heavy atom. The van der Waals surface area contributed by atoms with Crippen LogP contribution in [0.2, 0.25) is 0 Å². The molecule has 1 atom stereocenters. The van der Waals surface area contributed by atoms with Crippen molar-refractivity contribution in [1.82, 2.24) is 5.32 Å². The molecular weight excluding hydrogens is 303 g/mol. The number of rotatable bonds is 5. The summed E-state index contributed by atoms with van der Waals surface area (Å²) in [5.41, 5.74) is 0.0689. The predicted octanol–water partition coefficient (Wildman–Crippen LogP) is 4.09. The van der Waals surface area contributed by atoms with E-state index in [1.54, 1.807) is 0 Å². The maximum atomic E-state index is 13.0. The Balaban J connectivity index is 3.08. The maximum Gasteiger partial charge on any atom is 0.402 e. The van der Waals surface area contributed by atoms with Crippen LogP contribution in [-0.2, 0) is 6.42 Å². The van der Waals surface area contributed by atoms with Gasteiger partial charge in [-0.15, -0.1) is 0 Å². The summed E-state index contributed by atoms with van der Waals surface area (Å²) in [6.45, 7) is 1.34. The van der Waals surface area contributed by atoms with Crippen LogP contribution < -0.4 is 5.32 Å². The van der Waals surface area contributed by atoms with Crippen molar-refractivity contribution in [3.63, 3.8) is 0 Å². The molecule has 1 aromatic rings. The second-order valence-electron chi connectivity index (χ2n) is 4.56. The van der Waals surface area contributed by atoms with Crippen molar-refractivity contribution in [2.24, 2.45) is 5.92 Å². The molecule has 0 heterocycles. The topological polar surface area (TPSA) is 12.0 Å². The lowest BCUT2D eigenvalue weighted by Crippen LogP contribution is -2.52. The lowest BCUT2D eigenvalue weighted by Gasteiger charge is -2.31. The molecule has 0 aliphatic heterocycles. The van der Waals surface area contributed by atoms with Crippen molar-refractivity contribution in [3.8, 4) is 0 Å². The molecule has 1 unspecified atom stereocenters. The van der Waals surface area contributed by atoms with Gasteiger partial charge in [0.05, 0.1) is 0 Å². The maximum absolute atomic E-state index is 13.0. The standard InChI is InChI=1S/C13H14F7N/c1-2-21-10(7-8-4-3-5-9(14)6-8)11(12(15,16)17)13(18,19)20/h3-6,10-11,21H,2,7H2,1H3. The van der Waals surface area contributed by atoms with E-state index in [1.807, 2.05) is 0 Å². The summed E-state index contributed by atoms with van der Waals surface area (Å²) in [6.07, 6.45) is -11.4. The first-order valence-corrected chi connectivity index (χ1v) is 6.17. The van der Waals surface area contributed by atoms with Gasteiger partial charge in [0.2, 0.25) is 0 Å². The van der Waals surface area contributed by atoms with Crippen LogP contribution in [0.5, 0.6) is 0 Å². The third-order valence-corrected chi connectivity index (χ3v) is 2.92. The Hall–Kier alpha value is -1.31. The van der Waals surface area contributed by atoms with E-state index in [0.717, 1.165) is 12.1 Å². The second-order valence-corrected chi connectivity index (χ2v) is 4.56. The number of alkyl halides is 6. The first-order chi connectivity index (χ1) is 9.55. The molecule has 0 saturated carbocycles. The minimum absolute atomic E-state index is 0.0668. The van der Waals surface area contributed by atoms with Crippen LogP contribution in [0.4, 0.5) is 30.7 Å². The molecule has 1 aromatic carbocycles. The van der Waals surface area contributed by atoms with Gasteiger partial charge in [-0.3, -0.25) is 0 Å². The van der Waals surface area contributed by atoms with Crippen LogP contribution in [0.25, 0.3) is 0 Å². The van der Waals surface area contributed by atoms with Crippen LogP contribution in [-0.4, -0.2) is 24.9 Å². The fraction of sp³-hybridized carbons (Fsp3) is 0.538. The average Bonchev–Trinajstić information content (AvgIpc) is 2.25. The quantitative estimate of drug-likeness (QED) is 0.807. The van der Waals surface area contributed by atoms with Crippen molar-refractivity contribution in [1.29, 1.82) is 0 Å². The Bertz CT molecular complexity index is 439. The van der Waals surface area contributed by atoms with Crippen molar-refractivity contribution < 1.29 is 30.7 Å². The lowest BCUT2D eigenvalue weighted by atomic mass is 9.92. The molecular formula is C13H14F7N. The number of halogens is 7. The zero-order valence-corrected chi connectivity index (χ0v) is 11.0. The van der Waals surface area contributed by atoms with Gasteiger partial charge in [-0.1, -0.05) is 19.1 Å². The molecule has 0 aliphatic carbocycles. The minimum atomic E-state index is -5.43. The zero-order valence-electron chi connectivity index (χ0n) is 11.0. The fourth-order valence-corrected chi connectivity index (χ4v) is 2.13. The Morgan fingerprint density at radius 2 is 1.62 bits per heavy atom. The SMILES string of the molecule is CCNC(Cc1cccc(F)c1)C(C(F)(F)F)C(F)(F)F. The van der Waals surface area contributed by atoms with Crippen LogP contribution in [0.3, 0.4) is 0 Å². The molecule has 0 aromatic heterocycles. The average molecular weight is 317 g/mol. The van der Waals surface area contributed by atoms with E-state index in [-0.39, 0.29) is 12.1 Å². The van der Waals surface area contributed by atoms with E-state index >= 15 is 0 Å². The molecule has 1 nitrogen and oxygen atoms in total. The highest BCUT2D eigenvalue weighted by Crippen LogP contribution is 2.42. The molecule has 21 heavy (non-hydrogen) atoms. The van der Waals surface area contributed by atoms with Gasteiger partial charge in [0.15, 0.2) is 5.92 Å². The number of benzene rings is 1. The van der Waals surface area contributed by atoms with E-state index in [9.17, 15) is 30.7 Å². The first-order valence-electron chi connectivity index (χ1n) is 6.17. The summed E-state index contributed by atoms with van der Waals surface area (Å²) in [5, 5.41) is 2.20. The fourth-order valence-electron chi connectivity index (χ4n) is 2.13. The van der Waals surface area contributed by atoms with Crippen LogP contribution in [0.1, 0.15) is 12.5 Å². The summed E-state index contributed by atoms with van der Waals surface area (Å²) in [4.78, 5) is 0. The van der Waals surface area contributed by atoms with Crippen molar-refractivity contribution in [2.75, 3.05) is 6.54 Å². The van der Waals surface area contributed by atoms with Gasteiger partial charge < -0.3 is 5.32 Å². The molecule has 8 heteroatoms. The van der Waals surface area contributed by atoms with Gasteiger partial charge >= 0.3 is 12.4 Å². The highest BCUT2D eigenvalue weighted by atomic mass is 19.4. The predicted molar refractivity (Wildman–Crippen MR) is 63.2 cm³/mol. The number of hydrogen-bond acceptors (Lipinski definition) is 1. The summed E-state index contributed by atoms with van der Waals surface area (Å²) < 4.78 is 89.4. The molecule has 0 bridgehead atoms. The molecule has 0 saturated heterocycles. The lowest BCUT2D eigenvalue weighted by molar-refractivity contribution is -0.291. The highest BCUT2D eigenvalue weighted by Gasteiger charge is 2.59. The molecule has 120 valence electrons. The summed E-state index contributed by atoms with van der Waals surface area (Å²) in [5.74, 6) is -4.22. The summed E-state index contributed by atoms with van der Waals surface area (Å²) in [6, 6.07) is 2.61. The monoisotopic (exact) mass is 317 g/mol. The first kappa shape index (κ1) is 17.7. The van der Waals surface area contributed by atoms with Gasteiger partial charge in [0.1, 0.15) is 5.82 Å². The van der Waals surface area contributed by atoms with Gasteiger partial charge in [0.25, 0.3) is 0 Å². The second kappa shape index (κ2) is 6.64. The zero-order chi connectivity index (χ0) is 16.3. The third kappa shape index (κ3) is 5.18. The van der Waals surface area contributed by atoms with E-state index in [4.69, 9.17) is 0 Å². The van der Waals surface area contributed by atoms with Gasteiger partial charge in [-0.2, -0.15) is 26.3 Å². The molecule has 1 N–H and O–H groups in total. The molecule has 0 amide bonds. The Kier molecular flexibility index (Phi) is 5.61. The van der Waals surface area contributed by atoms with Gasteiger partial charge in [-0.25, -0.2) is 4.39 Å². The van der Waals surface area contributed by atoms with Crippen LogP contribution in [0.15, 0.2) is 24.3 Å². The number of nitrogens with one attached hydrogen (secondary N) is 1. The third-order valence-electron chi connectivity index (χ3n) is 2.92. The van der Waals surface area contributed by atoms with E-state index in [2.05, 4.69) is 5.32 Å². The van der Waals surface area contributed by atoms with E-state index in [1.165, 1.54) is 19.1 Å². The molecule has 0 radical (unpaired) electrons. The molecule has 1 rings (SSSR count). The van der Waals surface area contributed by atoms with Crippen molar-refractivity contribution in [2.45, 2.75) is 31.7 Å². The minimum Gasteiger partial charge on any atom is -0.313 e. The van der Waals surface area contributed by atoms with Crippen LogP contribution in [0, 0.1) is 11.7 Å². The molecule has 0 aliphatic rings. The smallest absolute Gasteiger partial charge is 0.313 e. The number of likely N-dealkylation sites (N-methyl/N-ethyl adjacent to an activating group) is 1. The molecule has 0 fully saturated rings. The summed E-state index contributed by atoms with van der Waals surface area (Å²) in [7, 11) is 0. The molecule has 0 spiro atoms. The van der Waals surface area contributed by atoms with Crippen molar-refractivity contribution in [3.05, 3.63) is 35.6 Å². The summed E-state index contributed by atoms with van der Waals surface area (Å²) >= 11 is 0. The Labute approximate surface area is 117 Å². The Morgan fingerprint density at radius 1 is 1.05 bits per heavy atom. The van der Waals surface area contributed by atoms with Gasteiger partial charge in [-0.05, 0) is 30.7 Å². The number of hydrogen-bond donors (Lipinski definition) is 1. The van der Waals surface area contributed by atoms with Crippen molar-refractivity contribution >= 4 is 0 Å². The largest absolute Gasteiger partial charge is 0.402 e. The van der Waals surface area contributed by atoms with Crippen LogP contribution >= 0.6 is 0 Å². The van der Waals surface area contributed by atoms with E-state index in [0.29, 0.717) is 0 Å². The van der Waals surface area contributed by atoms with Gasteiger partial charge in [0, 0.05) is 6.04 Å².